The molecule has 0 spiro atoms. The summed E-state index contributed by atoms with van der Waals surface area (Å²) < 4.78 is 28.6. The minimum atomic E-state index is -3.70. The second-order valence-electron chi connectivity index (χ2n) is 5.48. The Labute approximate surface area is 143 Å². The number of rotatable bonds is 3. The monoisotopic (exact) mass is 394 g/mol. The molecule has 0 saturated heterocycles. The Bertz CT molecular complexity index is 910. The lowest BCUT2D eigenvalue weighted by Gasteiger charge is -2.13. The number of carbonyl (C=O) groups excluding carboxylic acids is 1. The smallest absolute Gasteiger partial charge is 0.261 e. The van der Waals surface area contributed by atoms with Gasteiger partial charge in [0.25, 0.3) is 10.0 Å². The number of fused-ring (bicyclic) bond motifs is 1. The number of hydrogen-bond donors (Lipinski definition) is 1. The van der Waals surface area contributed by atoms with Crippen molar-refractivity contribution in [3.8, 4) is 0 Å². The molecule has 7 heteroatoms. The summed E-state index contributed by atoms with van der Waals surface area (Å²) >= 11 is 3.35. The van der Waals surface area contributed by atoms with Crippen molar-refractivity contribution < 1.29 is 13.2 Å². The quantitative estimate of drug-likeness (QED) is 0.869. The molecule has 1 amide bonds. The van der Waals surface area contributed by atoms with Gasteiger partial charge < -0.3 is 4.90 Å². The number of carbonyl (C=O) groups is 1. The van der Waals surface area contributed by atoms with Crippen LogP contribution in [0.1, 0.15) is 11.1 Å². The fraction of sp³-hybridized carbons (Fsp3) is 0.188. The first-order valence-electron chi connectivity index (χ1n) is 6.96. The largest absolute Gasteiger partial charge is 0.315 e. The van der Waals surface area contributed by atoms with Crippen molar-refractivity contribution >= 4 is 43.2 Å². The van der Waals surface area contributed by atoms with E-state index in [2.05, 4.69) is 20.7 Å². The molecule has 0 unspecified atom stereocenters. The second kappa shape index (κ2) is 5.65. The first-order chi connectivity index (χ1) is 10.8. The van der Waals surface area contributed by atoms with E-state index in [1.165, 1.54) is 11.0 Å². The van der Waals surface area contributed by atoms with Crippen molar-refractivity contribution in [2.75, 3.05) is 16.7 Å². The number of sulfonamides is 1. The molecule has 1 aliphatic rings. The SMILES string of the molecule is Cc1cc(Br)ccc1NS(=O)(=O)c1ccc2c(c1)CC(=O)N2C. The molecule has 3 rings (SSSR count). The normalized spacial score (nSPS) is 14.0. The third kappa shape index (κ3) is 2.98. The standard InChI is InChI=1S/C16H15BrN2O3S/c1-10-7-12(17)3-5-14(10)18-23(21,22)13-4-6-15-11(8-13)9-16(20)19(15)2/h3-8,18H,9H2,1-2H3. The minimum absolute atomic E-state index is 0.0359. The zero-order valence-electron chi connectivity index (χ0n) is 12.6. The highest BCUT2D eigenvalue weighted by Gasteiger charge is 2.26. The van der Waals surface area contributed by atoms with Gasteiger partial charge in [-0.1, -0.05) is 15.9 Å². The first kappa shape index (κ1) is 16.0. The Hall–Kier alpha value is -1.86. The molecule has 0 bridgehead atoms. The van der Waals surface area contributed by atoms with E-state index in [0.717, 1.165) is 21.3 Å². The van der Waals surface area contributed by atoms with Gasteiger partial charge in [-0.2, -0.15) is 0 Å². The van der Waals surface area contributed by atoms with E-state index < -0.39 is 10.0 Å². The van der Waals surface area contributed by atoms with E-state index in [4.69, 9.17) is 0 Å². The predicted octanol–water partition coefficient (Wildman–Crippen LogP) is 3.08. The molecule has 5 nitrogen and oxygen atoms in total. The highest BCUT2D eigenvalue weighted by Crippen LogP contribution is 2.30. The van der Waals surface area contributed by atoms with Gasteiger partial charge in [0.2, 0.25) is 5.91 Å². The fourth-order valence-electron chi connectivity index (χ4n) is 2.56. The summed E-state index contributed by atoms with van der Waals surface area (Å²) in [7, 11) is -2.01. The first-order valence-corrected chi connectivity index (χ1v) is 9.24. The second-order valence-corrected chi connectivity index (χ2v) is 8.08. The molecule has 1 heterocycles. The van der Waals surface area contributed by atoms with Crippen LogP contribution in [0.2, 0.25) is 0 Å². The molecular weight excluding hydrogens is 380 g/mol. The Morgan fingerprint density at radius 2 is 1.91 bits per heavy atom. The fourth-order valence-corrected chi connectivity index (χ4v) is 4.22. The van der Waals surface area contributed by atoms with Crippen LogP contribution >= 0.6 is 15.9 Å². The van der Waals surface area contributed by atoms with Crippen LogP contribution in [0.4, 0.5) is 11.4 Å². The molecule has 1 N–H and O–H groups in total. The highest BCUT2D eigenvalue weighted by atomic mass is 79.9. The summed E-state index contributed by atoms with van der Waals surface area (Å²) in [5, 5.41) is 0. The van der Waals surface area contributed by atoms with Crippen molar-refractivity contribution in [3.63, 3.8) is 0 Å². The van der Waals surface area contributed by atoms with Crippen molar-refractivity contribution in [1.29, 1.82) is 0 Å². The minimum Gasteiger partial charge on any atom is -0.315 e. The van der Waals surface area contributed by atoms with Crippen LogP contribution in [0, 0.1) is 6.92 Å². The molecule has 0 atom stereocenters. The summed E-state index contributed by atoms with van der Waals surface area (Å²) in [4.78, 5) is 13.4. The average molecular weight is 395 g/mol. The zero-order chi connectivity index (χ0) is 16.8. The number of benzene rings is 2. The summed E-state index contributed by atoms with van der Waals surface area (Å²) in [6, 6.07) is 10.1. The number of likely N-dealkylation sites (N-methyl/N-ethyl adjacent to an activating group) is 1. The van der Waals surface area contributed by atoms with E-state index in [9.17, 15) is 13.2 Å². The Morgan fingerprint density at radius 3 is 2.61 bits per heavy atom. The lowest BCUT2D eigenvalue weighted by atomic mass is 10.2. The lowest BCUT2D eigenvalue weighted by molar-refractivity contribution is -0.117. The van der Waals surface area contributed by atoms with Gasteiger partial charge in [-0.15, -0.1) is 0 Å². The van der Waals surface area contributed by atoms with Crippen LogP contribution in [-0.4, -0.2) is 21.4 Å². The van der Waals surface area contributed by atoms with Gasteiger partial charge in [-0.05, 0) is 54.4 Å². The maximum absolute atomic E-state index is 12.6. The van der Waals surface area contributed by atoms with Crippen LogP contribution in [0.25, 0.3) is 0 Å². The van der Waals surface area contributed by atoms with Crippen molar-refractivity contribution in [1.82, 2.24) is 0 Å². The van der Waals surface area contributed by atoms with Gasteiger partial charge >= 0.3 is 0 Å². The van der Waals surface area contributed by atoms with Crippen molar-refractivity contribution in [2.24, 2.45) is 0 Å². The summed E-state index contributed by atoms with van der Waals surface area (Å²) in [6.45, 7) is 1.83. The Balaban J connectivity index is 1.95. The van der Waals surface area contributed by atoms with E-state index >= 15 is 0 Å². The number of amides is 1. The van der Waals surface area contributed by atoms with E-state index in [0.29, 0.717) is 5.69 Å². The van der Waals surface area contributed by atoms with Gasteiger partial charge in [0, 0.05) is 17.2 Å². The summed E-state index contributed by atoms with van der Waals surface area (Å²) in [5.74, 6) is -0.0359. The van der Waals surface area contributed by atoms with Gasteiger partial charge in [0.15, 0.2) is 0 Å². The van der Waals surface area contributed by atoms with Crippen LogP contribution in [-0.2, 0) is 21.2 Å². The van der Waals surface area contributed by atoms with Crippen molar-refractivity contribution in [2.45, 2.75) is 18.2 Å². The number of nitrogens with zero attached hydrogens (tertiary/aromatic N) is 1. The summed E-state index contributed by atoms with van der Waals surface area (Å²) in [6.07, 6.45) is 0.229. The van der Waals surface area contributed by atoms with Gasteiger partial charge in [-0.3, -0.25) is 9.52 Å². The van der Waals surface area contributed by atoms with E-state index in [1.54, 1.807) is 31.3 Å². The molecule has 0 saturated carbocycles. The molecular formula is C16H15BrN2O3S. The number of aryl methyl sites for hydroxylation is 1. The third-order valence-electron chi connectivity index (χ3n) is 3.87. The predicted molar refractivity (Wildman–Crippen MR) is 93.2 cm³/mol. The average Bonchev–Trinajstić information content (AvgIpc) is 2.77. The van der Waals surface area contributed by atoms with Crippen LogP contribution in [0.3, 0.4) is 0 Å². The molecule has 0 aliphatic carbocycles. The molecule has 2 aromatic rings. The van der Waals surface area contributed by atoms with Gasteiger partial charge in [-0.25, -0.2) is 8.42 Å². The van der Waals surface area contributed by atoms with Gasteiger partial charge in [0.05, 0.1) is 17.0 Å². The number of halogens is 1. The van der Waals surface area contributed by atoms with E-state index in [-0.39, 0.29) is 17.2 Å². The number of anilines is 2. The molecule has 0 fully saturated rings. The topological polar surface area (TPSA) is 66.5 Å². The van der Waals surface area contributed by atoms with Crippen LogP contribution in [0.15, 0.2) is 45.8 Å². The highest BCUT2D eigenvalue weighted by molar-refractivity contribution is 9.10. The third-order valence-corrected chi connectivity index (χ3v) is 5.73. The maximum Gasteiger partial charge on any atom is 0.261 e. The molecule has 0 radical (unpaired) electrons. The van der Waals surface area contributed by atoms with Crippen LogP contribution < -0.4 is 9.62 Å². The molecule has 2 aromatic carbocycles. The van der Waals surface area contributed by atoms with Gasteiger partial charge in [0.1, 0.15) is 0 Å². The van der Waals surface area contributed by atoms with E-state index in [1.807, 2.05) is 13.0 Å². The number of nitrogens with one attached hydrogen (secondary N) is 1. The summed E-state index contributed by atoms with van der Waals surface area (Å²) in [5.41, 5.74) is 2.84. The molecule has 1 aliphatic heterocycles. The Kier molecular flexibility index (Phi) is 3.93. The maximum atomic E-state index is 12.6. The molecule has 0 aromatic heterocycles. The molecule has 23 heavy (non-hydrogen) atoms. The Morgan fingerprint density at radius 1 is 1.17 bits per heavy atom. The molecule has 120 valence electrons. The lowest BCUT2D eigenvalue weighted by Crippen LogP contribution is -2.20. The zero-order valence-corrected chi connectivity index (χ0v) is 15.0. The number of hydrogen-bond acceptors (Lipinski definition) is 3. The van der Waals surface area contributed by atoms with Crippen molar-refractivity contribution in [3.05, 3.63) is 52.0 Å². The van der Waals surface area contributed by atoms with Crippen LogP contribution in [0.5, 0.6) is 0 Å².